The molecule has 0 bridgehead atoms. The maximum atomic E-state index is 12.6. The van der Waals surface area contributed by atoms with Crippen LogP contribution in [-0.4, -0.2) is 25.9 Å². The average molecular weight is 266 g/mol. The summed E-state index contributed by atoms with van der Waals surface area (Å²) in [5, 5.41) is 0. The minimum absolute atomic E-state index is 0.118. The van der Waals surface area contributed by atoms with E-state index in [0.29, 0.717) is 22.5 Å². The van der Waals surface area contributed by atoms with E-state index in [1.807, 2.05) is 12.1 Å². The van der Waals surface area contributed by atoms with Gasteiger partial charge in [0, 0.05) is 14.1 Å². The monoisotopic (exact) mass is 266 g/mol. The molecule has 1 aliphatic heterocycles. The largest absolute Gasteiger partial charge is 0.311 e. The minimum Gasteiger partial charge on any atom is -0.311 e. The van der Waals surface area contributed by atoms with Crippen LogP contribution in [0.3, 0.4) is 0 Å². The normalized spacial score (nSPS) is 14.5. The molecule has 0 unspecified atom stereocenters. The summed E-state index contributed by atoms with van der Waals surface area (Å²) in [7, 11) is 3.38. The van der Waals surface area contributed by atoms with Gasteiger partial charge in [-0.15, -0.1) is 0 Å². The number of carbonyl (C=O) groups is 2. The lowest BCUT2D eigenvalue weighted by Crippen LogP contribution is -2.36. The molecule has 0 fully saturated rings. The number of hydrogen-bond donors (Lipinski definition) is 0. The van der Waals surface area contributed by atoms with E-state index in [2.05, 4.69) is 0 Å². The fourth-order valence-electron chi connectivity index (χ4n) is 2.47. The summed E-state index contributed by atoms with van der Waals surface area (Å²) in [6, 6.07) is 14.3. The topological polar surface area (TPSA) is 40.6 Å². The summed E-state index contributed by atoms with van der Waals surface area (Å²) >= 11 is 0. The molecule has 0 spiro atoms. The number of benzene rings is 2. The first-order chi connectivity index (χ1) is 9.61. The van der Waals surface area contributed by atoms with Crippen LogP contribution >= 0.6 is 0 Å². The van der Waals surface area contributed by atoms with Crippen LogP contribution in [0.4, 0.5) is 11.4 Å². The number of amides is 2. The van der Waals surface area contributed by atoms with Gasteiger partial charge in [-0.1, -0.05) is 24.3 Å². The summed E-state index contributed by atoms with van der Waals surface area (Å²) < 4.78 is 0. The molecule has 0 saturated heterocycles. The van der Waals surface area contributed by atoms with Gasteiger partial charge in [-0.05, 0) is 24.3 Å². The van der Waals surface area contributed by atoms with Crippen molar-refractivity contribution in [3.63, 3.8) is 0 Å². The number of fused-ring (bicyclic) bond motifs is 2. The van der Waals surface area contributed by atoms with E-state index in [-0.39, 0.29) is 11.8 Å². The van der Waals surface area contributed by atoms with Crippen molar-refractivity contribution in [3.8, 4) is 0 Å². The second-order valence-electron chi connectivity index (χ2n) is 4.76. The molecule has 4 heteroatoms. The van der Waals surface area contributed by atoms with Crippen molar-refractivity contribution < 1.29 is 9.59 Å². The van der Waals surface area contributed by atoms with Gasteiger partial charge in [0.1, 0.15) is 0 Å². The van der Waals surface area contributed by atoms with Gasteiger partial charge in [0.25, 0.3) is 11.8 Å². The van der Waals surface area contributed by atoms with Gasteiger partial charge < -0.3 is 9.80 Å². The number of rotatable bonds is 0. The molecule has 0 atom stereocenters. The number of hydrogen-bond acceptors (Lipinski definition) is 2. The molecule has 100 valence electrons. The van der Waals surface area contributed by atoms with Crippen molar-refractivity contribution in [2.75, 3.05) is 23.9 Å². The van der Waals surface area contributed by atoms with Crippen LogP contribution in [-0.2, 0) is 0 Å². The molecule has 4 nitrogen and oxygen atoms in total. The molecule has 0 radical (unpaired) electrons. The van der Waals surface area contributed by atoms with Crippen LogP contribution in [0.1, 0.15) is 20.7 Å². The van der Waals surface area contributed by atoms with Crippen LogP contribution in [0, 0.1) is 0 Å². The van der Waals surface area contributed by atoms with Gasteiger partial charge in [0.2, 0.25) is 0 Å². The molecule has 3 rings (SSSR count). The average Bonchev–Trinajstić information content (AvgIpc) is 2.51. The van der Waals surface area contributed by atoms with Crippen LogP contribution in [0.15, 0.2) is 48.5 Å². The van der Waals surface area contributed by atoms with Gasteiger partial charge in [0.05, 0.1) is 22.5 Å². The molecular weight excluding hydrogens is 252 g/mol. The Hall–Kier alpha value is -2.62. The second-order valence-corrected chi connectivity index (χ2v) is 4.76. The molecule has 2 aromatic rings. The first-order valence-corrected chi connectivity index (χ1v) is 6.35. The fraction of sp³-hybridized carbons (Fsp3) is 0.125. The lowest BCUT2D eigenvalue weighted by molar-refractivity contribution is 0.0981. The highest BCUT2D eigenvalue weighted by molar-refractivity contribution is 6.19. The Kier molecular flexibility index (Phi) is 2.79. The molecule has 2 amide bonds. The van der Waals surface area contributed by atoms with E-state index in [0.717, 1.165) is 0 Å². The van der Waals surface area contributed by atoms with Crippen LogP contribution < -0.4 is 9.80 Å². The molecule has 0 aliphatic carbocycles. The van der Waals surface area contributed by atoms with E-state index in [4.69, 9.17) is 0 Å². The Morgan fingerprint density at radius 1 is 0.650 bits per heavy atom. The molecule has 2 aromatic carbocycles. The number of carbonyl (C=O) groups excluding carboxylic acids is 2. The predicted molar refractivity (Wildman–Crippen MR) is 78.4 cm³/mol. The standard InChI is InChI=1S/C16H14N2O2/c1-17-13-9-5-3-7-11(13)16(20)18(2)14-10-6-4-8-12(14)15(17)19/h3-10H,1-2H3. The third-order valence-electron chi connectivity index (χ3n) is 3.60. The number of anilines is 2. The molecule has 1 aliphatic rings. The van der Waals surface area contributed by atoms with Crippen molar-refractivity contribution in [2.45, 2.75) is 0 Å². The minimum atomic E-state index is -0.118. The molecule has 1 heterocycles. The Balaban J connectivity index is 2.28. The van der Waals surface area contributed by atoms with Crippen LogP contribution in [0.25, 0.3) is 0 Å². The van der Waals surface area contributed by atoms with E-state index < -0.39 is 0 Å². The lowest BCUT2D eigenvalue weighted by Gasteiger charge is -2.29. The SMILES string of the molecule is CN1C(=O)c2ccccc2N(C)C(=O)c2ccccc21. The maximum Gasteiger partial charge on any atom is 0.260 e. The summed E-state index contributed by atoms with van der Waals surface area (Å²) in [4.78, 5) is 28.2. The van der Waals surface area contributed by atoms with Crippen LogP contribution in [0.5, 0.6) is 0 Å². The Morgan fingerprint density at radius 3 is 1.40 bits per heavy atom. The van der Waals surface area contributed by atoms with E-state index in [1.165, 1.54) is 9.80 Å². The zero-order valence-electron chi connectivity index (χ0n) is 11.3. The van der Waals surface area contributed by atoms with Gasteiger partial charge in [-0.3, -0.25) is 9.59 Å². The maximum absolute atomic E-state index is 12.6. The first-order valence-electron chi connectivity index (χ1n) is 6.35. The second kappa shape index (κ2) is 4.49. The zero-order valence-corrected chi connectivity index (χ0v) is 11.3. The first kappa shape index (κ1) is 12.4. The van der Waals surface area contributed by atoms with Gasteiger partial charge in [0.15, 0.2) is 0 Å². The van der Waals surface area contributed by atoms with Crippen LogP contribution in [0.2, 0.25) is 0 Å². The summed E-state index contributed by atoms with van der Waals surface area (Å²) in [6.07, 6.45) is 0. The zero-order chi connectivity index (χ0) is 14.3. The van der Waals surface area contributed by atoms with Gasteiger partial charge >= 0.3 is 0 Å². The summed E-state index contributed by atoms with van der Waals surface area (Å²) in [6.45, 7) is 0. The molecule has 0 N–H and O–H groups in total. The highest BCUT2D eigenvalue weighted by Gasteiger charge is 2.28. The Labute approximate surface area is 117 Å². The molecule has 0 saturated carbocycles. The van der Waals surface area contributed by atoms with Crippen molar-refractivity contribution in [1.82, 2.24) is 0 Å². The van der Waals surface area contributed by atoms with Crippen molar-refractivity contribution >= 4 is 23.2 Å². The highest BCUT2D eigenvalue weighted by Crippen LogP contribution is 2.30. The van der Waals surface area contributed by atoms with E-state index in [1.54, 1.807) is 50.5 Å². The summed E-state index contributed by atoms with van der Waals surface area (Å²) in [5.74, 6) is -0.236. The van der Waals surface area contributed by atoms with Crippen molar-refractivity contribution in [1.29, 1.82) is 0 Å². The van der Waals surface area contributed by atoms with Gasteiger partial charge in [-0.25, -0.2) is 0 Å². The third-order valence-corrected chi connectivity index (χ3v) is 3.60. The summed E-state index contributed by atoms with van der Waals surface area (Å²) in [5.41, 5.74) is 2.31. The third kappa shape index (κ3) is 1.69. The van der Waals surface area contributed by atoms with E-state index in [9.17, 15) is 9.59 Å². The lowest BCUT2D eigenvalue weighted by atomic mass is 10.0. The fourth-order valence-corrected chi connectivity index (χ4v) is 2.47. The molecule has 20 heavy (non-hydrogen) atoms. The van der Waals surface area contributed by atoms with Gasteiger partial charge in [-0.2, -0.15) is 0 Å². The highest BCUT2D eigenvalue weighted by atomic mass is 16.2. The van der Waals surface area contributed by atoms with E-state index >= 15 is 0 Å². The quantitative estimate of drug-likeness (QED) is 0.735. The van der Waals surface area contributed by atoms with Crippen molar-refractivity contribution in [3.05, 3.63) is 59.7 Å². The smallest absolute Gasteiger partial charge is 0.260 e. The Morgan fingerprint density at radius 2 is 1.00 bits per heavy atom. The number of nitrogens with zero attached hydrogens (tertiary/aromatic N) is 2. The predicted octanol–water partition coefficient (Wildman–Crippen LogP) is 2.55. The Bertz CT molecular complexity index is 648. The number of para-hydroxylation sites is 2. The molecular formula is C16H14N2O2. The van der Waals surface area contributed by atoms with Crippen molar-refractivity contribution in [2.24, 2.45) is 0 Å². The molecule has 0 aromatic heterocycles.